The highest BCUT2D eigenvalue weighted by atomic mass is 16.4. The second-order valence-corrected chi connectivity index (χ2v) is 4.62. The zero-order valence-electron chi connectivity index (χ0n) is 9.59. The topological polar surface area (TPSA) is 45.5 Å². The standard InChI is InChI=1S/C12H18N2O2/c1-13-6-2-4-10(8-13)9-14-7-3-5-11(14)12(15)16/h3,5,7,10H,2,4,6,8-9H2,1H3,(H,15,16). The highest BCUT2D eigenvalue weighted by Crippen LogP contribution is 2.18. The minimum atomic E-state index is -0.839. The van der Waals surface area contributed by atoms with E-state index in [9.17, 15) is 4.79 Å². The lowest BCUT2D eigenvalue weighted by Crippen LogP contribution is -2.34. The van der Waals surface area contributed by atoms with E-state index in [0.29, 0.717) is 11.6 Å². The largest absolute Gasteiger partial charge is 0.477 e. The summed E-state index contributed by atoms with van der Waals surface area (Å²) >= 11 is 0. The van der Waals surface area contributed by atoms with Gasteiger partial charge in [-0.1, -0.05) is 0 Å². The summed E-state index contributed by atoms with van der Waals surface area (Å²) in [7, 11) is 2.12. The van der Waals surface area contributed by atoms with Crippen molar-refractivity contribution in [1.29, 1.82) is 0 Å². The molecule has 1 fully saturated rings. The predicted molar refractivity (Wildman–Crippen MR) is 61.6 cm³/mol. The average molecular weight is 222 g/mol. The van der Waals surface area contributed by atoms with Gasteiger partial charge in [-0.15, -0.1) is 0 Å². The molecule has 16 heavy (non-hydrogen) atoms. The Bertz CT molecular complexity index is 373. The molecule has 0 amide bonds. The van der Waals surface area contributed by atoms with Gasteiger partial charge in [0.25, 0.3) is 0 Å². The molecule has 0 bridgehead atoms. The maximum absolute atomic E-state index is 11.0. The number of aromatic nitrogens is 1. The third kappa shape index (κ3) is 2.44. The molecule has 1 aliphatic heterocycles. The number of hydrogen-bond acceptors (Lipinski definition) is 2. The number of piperidine rings is 1. The normalized spacial score (nSPS) is 22.2. The van der Waals surface area contributed by atoms with Crippen molar-refractivity contribution in [3.05, 3.63) is 24.0 Å². The van der Waals surface area contributed by atoms with Gasteiger partial charge in [-0.3, -0.25) is 0 Å². The van der Waals surface area contributed by atoms with Crippen molar-refractivity contribution in [2.24, 2.45) is 5.92 Å². The third-order valence-corrected chi connectivity index (χ3v) is 3.23. The number of aromatic carboxylic acids is 1. The summed E-state index contributed by atoms with van der Waals surface area (Å²) in [6.07, 6.45) is 4.27. The monoisotopic (exact) mass is 222 g/mol. The molecule has 1 aromatic heterocycles. The zero-order chi connectivity index (χ0) is 11.5. The van der Waals surface area contributed by atoms with Crippen LogP contribution in [-0.4, -0.2) is 40.7 Å². The second kappa shape index (κ2) is 4.70. The van der Waals surface area contributed by atoms with Crippen LogP contribution in [0.4, 0.5) is 0 Å². The molecule has 1 saturated heterocycles. The van der Waals surface area contributed by atoms with Crippen molar-refractivity contribution in [1.82, 2.24) is 9.47 Å². The fourth-order valence-electron chi connectivity index (χ4n) is 2.47. The molecule has 0 saturated carbocycles. The van der Waals surface area contributed by atoms with E-state index < -0.39 is 5.97 Å². The number of carbonyl (C=O) groups is 1. The summed E-state index contributed by atoms with van der Waals surface area (Å²) in [4.78, 5) is 13.3. The molecule has 1 aliphatic rings. The molecule has 1 N–H and O–H groups in total. The number of rotatable bonds is 3. The lowest BCUT2D eigenvalue weighted by molar-refractivity contribution is 0.0682. The zero-order valence-corrected chi connectivity index (χ0v) is 9.59. The van der Waals surface area contributed by atoms with E-state index in [-0.39, 0.29) is 0 Å². The third-order valence-electron chi connectivity index (χ3n) is 3.23. The van der Waals surface area contributed by atoms with E-state index in [1.165, 1.54) is 12.8 Å². The van der Waals surface area contributed by atoms with Gasteiger partial charge >= 0.3 is 5.97 Å². The van der Waals surface area contributed by atoms with Gasteiger partial charge in [-0.25, -0.2) is 4.79 Å². The van der Waals surface area contributed by atoms with E-state index >= 15 is 0 Å². The summed E-state index contributed by atoms with van der Waals surface area (Å²) < 4.78 is 1.85. The smallest absolute Gasteiger partial charge is 0.352 e. The first-order valence-electron chi connectivity index (χ1n) is 5.74. The van der Waals surface area contributed by atoms with Crippen molar-refractivity contribution in [3.63, 3.8) is 0 Å². The van der Waals surface area contributed by atoms with E-state index in [2.05, 4.69) is 11.9 Å². The van der Waals surface area contributed by atoms with Crippen LogP contribution in [0.3, 0.4) is 0 Å². The highest BCUT2D eigenvalue weighted by molar-refractivity contribution is 5.85. The second-order valence-electron chi connectivity index (χ2n) is 4.62. The number of hydrogen-bond donors (Lipinski definition) is 1. The molecule has 4 nitrogen and oxygen atoms in total. The lowest BCUT2D eigenvalue weighted by atomic mass is 9.98. The first-order chi connectivity index (χ1) is 7.66. The predicted octanol–water partition coefficient (Wildman–Crippen LogP) is 1.53. The maximum Gasteiger partial charge on any atom is 0.352 e. The van der Waals surface area contributed by atoms with Gasteiger partial charge < -0.3 is 14.6 Å². The number of carboxylic acid groups (broad SMARTS) is 1. The maximum atomic E-state index is 11.0. The molecule has 2 heterocycles. The van der Waals surface area contributed by atoms with Crippen LogP contribution in [-0.2, 0) is 6.54 Å². The first kappa shape index (κ1) is 11.2. The molecular formula is C12H18N2O2. The van der Waals surface area contributed by atoms with Crippen molar-refractivity contribution in [2.75, 3.05) is 20.1 Å². The molecule has 0 aliphatic carbocycles. The number of likely N-dealkylation sites (tertiary alicyclic amines) is 1. The van der Waals surface area contributed by atoms with Gasteiger partial charge in [0.15, 0.2) is 0 Å². The molecular weight excluding hydrogens is 204 g/mol. The lowest BCUT2D eigenvalue weighted by Gasteiger charge is -2.30. The Morgan fingerprint density at radius 1 is 1.62 bits per heavy atom. The van der Waals surface area contributed by atoms with Gasteiger partial charge in [-0.2, -0.15) is 0 Å². The molecule has 1 aromatic rings. The molecule has 1 unspecified atom stereocenters. The fraction of sp³-hybridized carbons (Fsp3) is 0.583. The van der Waals surface area contributed by atoms with Crippen molar-refractivity contribution in [3.8, 4) is 0 Å². The van der Waals surface area contributed by atoms with E-state index in [1.807, 2.05) is 10.8 Å². The Morgan fingerprint density at radius 2 is 2.44 bits per heavy atom. The number of nitrogens with zero attached hydrogens (tertiary/aromatic N) is 2. The molecule has 2 rings (SSSR count). The average Bonchev–Trinajstić information content (AvgIpc) is 2.66. The van der Waals surface area contributed by atoms with Gasteiger partial charge in [0.2, 0.25) is 0 Å². The first-order valence-corrected chi connectivity index (χ1v) is 5.74. The summed E-state index contributed by atoms with van der Waals surface area (Å²) in [6.45, 7) is 3.05. The van der Waals surface area contributed by atoms with Crippen LogP contribution in [0.2, 0.25) is 0 Å². The quantitative estimate of drug-likeness (QED) is 0.843. The van der Waals surface area contributed by atoms with Gasteiger partial charge in [-0.05, 0) is 44.5 Å². The van der Waals surface area contributed by atoms with Crippen LogP contribution in [0.5, 0.6) is 0 Å². The molecule has 4 heteroatoms. The SMILES string of the molecule is CN1CCCC(Cn2cccc2C(=O)O)C1. The van der Waals surface area contributed by atoms with Crippen molar-refractivity contribution in [2.45, 2.75) is 19.4 Å². The van der Waals surface area contributed by atoms with E-state index in [0.717, 1.165) is 19.6 Å². The van der Waals surface area contributed by atoms with Gasteiger partial charge in [0.1, 0.15) is 5.69 Å². The Hall–Kier alpha value is -1.29. The van der Waals surface area contributed by atoms with Crippen LogP contribution in [0, 0.1) is 5.92 Å². The molecule has 0 spiro atoms. The van der Waals surface area contributed by atoms with Crippen LogP contribution in [0.15, 0.2) is 18.3 Å². The van der Waals surface area contributed by atoms with Crippen molar-refractivity contribution >= 4 is 5.97 Å². The van der Waals surface area contributed by atoms with E-state index in [4.69, 9.17) is 5.11 Å². The van der Waals surface area contributed by atoms with E-state index in [1.54, 1.807) is 12.1 Å². The Kier molecular flexibility index (Phi) is 3.29. The van der Waals surface area contributed by atoms with Gasteiger partial charge in [0.05, 0.1) is 0 Å². The fourth-order valence-corrected chi connectivity index (χ4v) is 2.47. The molecule has 88 valence electrons. The Labute approximate surface area is 95.5 Å². The molecule has 0 aromatic carbocycles. The minimum Gasteiger partial charge on any atom is -0.477 e. The molecule has 0 radical (unpaired) electrons. The summed E-state index contributed by atoms with van der Waals surface area (Å²) in [5, 5.41) is 9.00. The van der Waals surface area contributed by atoms with Gasteiger partial charge in [0, 0.05) is 19.3 Å². The summed E-state index contributed by atoms with van der Waals surface area (Å²) in [6, 6.07) is 3.46. The summed E-state index contributed by atoms with van der Waals surface area (Å²) in [5.74, 6) is -0.265. The van der Waals surface area contributed by atoms with Crippen LogP contribution in [0.25, 0.3) is 0 Å². The molecule has 1 atom stereocenters. The van der Waals surface area contributed by atoms with Crippen LogP contribution >= 0.6 is 0 Å². The Balaban J connectivity index is 2.02. The van der Waals surface area contributed by atoms with Crippen LogP contribution < -0.4 is 0 Å². The summed E-state index contributed by atoms with van der Waals surface area (Å²) in [5.41, 5.74) is 0.397. The Morgan fingerprint density at radius 3 is 3.12 bits per heavy atom. The van der Waals surface area contributed by atoms with Crippen molar-refractivity contribution < 1.29 is 9.90 Å². The van der Waals surface area contributed by atoms with Crippen LogP contribution in [0.1, 0.15) is 23.3 Å². The highest BCUT2D eigenvalue weighted by Gasteiger charge is 2.19. The minimum absolute atomic E-state index is 0.397. The number of carboxylic acids is 1.